The molecule has 0 aromatic carbocycles. The Hall–Kier alpha value is -1.05. The molecule has 0 aliphatic carbocycles. The predicted molar refractivity (Wildman–Crippen MR) is 88.5 cm³/mol. The molecule has 1 aliphatic heterocycles. The molecule has 1 saturated heterocycles. The normalized spacial score (nSPS) is 30.4. The van der Waals surface area contributed by atoms with Gasteiger partial charge in [-0.25, -0.2) is 4.57 Å². The Bertz CT molecular complexity index is 458. The van der Waals surface area contributed by atoms with Gasteiger partial charge in [-0.1, -0.05) is 6.07 Å². The fourth-order valence-corrected chi connectivity index (χ4v) is 3.12. The first-order chi connectivity index (χ1) is 11.7. The van der Waals surface area contributed by atoms with E-state index in [9.17, 15) is 0 Å². The van der Waals surface area contributed by atoms with Crippen LogP contribution in [-0.2, 0) is 30.2 Å². The molecule has 24 heavy (non-hydrogen) atoms. The minimum Gasteiger partial charge on any atom is -0.373 e. The van der Waals surface area contributed by atoms with Gasteiger partial charge in [-0.15, -0.1) is 0 Å². The first-order valence-corrected chi connectivity index (χ1v) is 8.72. The van der Waals surface area contributed by atoms with Crippen molar-refractivity contribution in [3.05, 3.63) is 30.6 Å². The van der Waals surface area contributed by atoms with Crippen molar-refractivity contribution in [1.29, 1.82) is 0 Å². The first-order valence-electron chi connectivity index (χ1n) is 8.72. The van der Waals surface area contributed by atoms with Gasteiger partial charge in [-0.05, 0) is 20.8 Å². The topological polar surface area (TPSA) is 50.0 Å². The lowest BCUT2D eigenvalue weighted by Crippen LogP contribution is -2.63. The van der Waals surface area contributed by atoms with Crippen LogP contribution < -0.4 is 4.57 Å². The standard InChI is InChI=1S/C18H30NO5/c1-5-21-15-14(13-19-11-9-8-10-12-19)24-18(20-4)17(23-7-3)16(15)22-6-2/h8-12,14-18H,5-7,13H2,1-4H3/q+1/t14-,15-,16+,17-,18-/m1/s1. The van der Waals surface area contributed by atoms with Crippen molar-refractivity contribution < 1.29 is 28.3 Å². The van der Waals surface area contributed by atoms with Gasteiger partial charge < -0.3 is 23.7 Å². The van der Waals surface area contributed by atoms with Crippen molar-refractivity contribution in [2.24, 2.45) is 0 Å². The van der Waals surface area contributed by atoms with Crippen LogP contribution in [0.2, 0.25) is 0 Å². The number of ether oxygens (including phenoxy) is 5. The summed E-state index contributed by atoms with van der Waals surface area (Å²) in [5.74, 6) is 0. The molecule has 1 aromatic heterocycles. The van der Waals surface area contributed by atoms with Gasteiger partial charge in [-0.3, -0.25) is 0 Å². The number of hydrogen-bond acceptors (Lipinski definition) is 5. The zero-order valence-electron chi connectivity index (χ0n) is 15.1. The molecule has 1 fully saturated rings. The van der Waals surface area contributed by atoms with Gasteiger partial charge in [0.25, 0.3) is 0 Å². The van der Waals surface area contributed by atoms with Gasteiger partial charge in [-0.2, -0.15) is 0 Å². The maximum absolute atomic E-state index is 6.17. The molecule has 2 heterocycles. The molecule has 5 atom stereocenters. The van der Waals surface area contributed by atoms with Crippen LogP contribution in [0.3, 0.4) is 0 Å². The summed E-state index contributed by atoms with van der Waals surface area (Å²) < 4.78 is 31.6. The van der Waals surface area contributed by atoms with E-state index in [0.29, 0.717) is 26.4 Å². The third kappa shape index (κ3) is 4.74. The second-order valence-electron chi connectivity index (χ2n) is 5.61. The maximum atomic E-state index is 6.17. The minimum atomic E-state index is -0.479. The van der Waals surface area contributed by atoms with E-state index in [-0.39, 0.29) is 24.4 Å². The molecule has 2 rings (SSSR count). The molecular formula is C18H30NO5+. The highest BCUT2D eigenvalue weighted by molar-refractivity contribution is 4.92. The highest BCUT2D eigenvalue weighted by Crippen LogP contribution is 2.28. The molecule has 0 unspecified atom stereocenters. The van der Waals surface area contributed by atoms with E-state index in [2.05, 4.69) is 4.57 Å². The number of aromatic nitrogens is 1. The smallest absolute Gasteiger partial charge is 0.186 e. The quantitative estimate of drug-likeness (QED) is 0.639. The van der Waals surface area contributed by atoms with Gasteiger partial charge in [0, 0.05) is 39.1 Å². The summed E-state index contributed by atoms with van der Waals surface area (Å²) in [6, 6.07) is 5.98. The molecule has 0 amide bonds. The van der Waals surface area contributed by atoms with Gasteiger partial charge in [0.15, 0.2) is 25.2 Å². The SMILES string of the molecule is CCO[C@@H]1[C@@H](OCC)[C@H](OC)O[C@H](C[n+]2ccccc2)[C@H]1OCC. The summed E-state index contributed by atoms with van der Waals surface area (Å²) >= 11 is 0. The van der Waals surface area contributed by atoms with Crippen LogP contribution in [0, 0.1) is 0 Å². The number of rotatable bonds is 9. The fourth-order valence-electron chi connectivity index (χ4n) is 3.12. The Balaban J connectivity index is 2.23. The van der Waals surface area contributed by atoms with Crippen LogP contribution in [0.1, 0.15) is 20.8 Å². The Morgan fingerprint density at radius 3 is 2.00 bits per heavy atom. The van der Waals surface area contributed by atoms with Crippen LogP contribution in [0.25, 0.3) is 0 Å². The molecule has 0 N–H and O–H groups in total. The zero-order valence-corrected chi connectivity index (χ0v) is 15.1. The molecule has 1 aromatic rings. The number of pyridine rings is 1. The third-order valence-electron chi connectivity index (χ3n) is 4.07. The highest BCUT2D eigenvalue weighted by Gasteiger charge is 2.49. The van der Waals surface area contributed by atoms with Crippen molar-refractivity contribution in [2.75, 3.05) is 26.9 Å². The number of hydrogen-bond donors (Lipinski definition) is 0. The Kier molecular flexibility index (Phi) is 8.08. The summed E-state index contributed by atoms with van der Waals surface area (Å²) in [6.45, 7) is 8.31. The van der Waals surface area contributed by atoms with Crippen molar-refractivity contribution in [2.45, 2.75) is 58.0 Å². The van der Waals surface area contributed by atoms with Crippen LogP contribution in [-0.4, -0.2) is 57.6 Å². The molecule has 0 saturated carbocycles. The van der Waals surface area contributed by atoms with Gasteiger partial charge in [0.1, 0.15) is 24.4 Å². The van der Waals surface area contributed by atoms with Crippen LogP contribution in [0.5, 0.6) is 0 Å². The van der Waals surface area contributed by atoms with Crippen LogP contribution >= 0.6 is 0 Å². The van der Waals surface area contributed by atoms with Gasteiger partial charge in [0.2, 0.25) is 0 Å². The van der Waals surface area contributed by atoms with E-state index in [1.807, 2.05) is 51.4 Å². The molecule has 6 nitrogen and oxygen atoms in total. The Morgan fingerprint density at radius 1 is 0.833 bits per heavy atom. The largest absolute Gasteiger partial charge is 0.373 e. The average molecular weight is 340 g/mol. The molecule has 136 valence electrons. The van der Waals surface area contributed by atoms with Crippen molar-refractivity contribution in [1.82, 2.24) is 0 Å². The van der Waals surface area contributed by atoms with Gasteiger partial charge in [0.05, 0.1) is 0 Å². The lowest BCUT2D eigenvalue weighted by atomic mass is 9.97. The van der Waals surface area contributed by atoms with E-state index in [1.165, 1.54) is 0 Å². The van der Waals surface area contributed by atoms with Crippen LogP contribution in [0.15, 0.2) is 30.6 Å². The van der Waals surface area contributed by atoms with E-state index in [1.54, 1.807) is 7.11 Å². The summed E-state index contributed by atoms with van der Waals surface area (Å²) in [7, 11) is 1.63. The minimum absolute atomic E-state index is 0.185. The first kappa shape index (κ1) is 19.3. The zero-order chi connectivity index (χ0) is 17.4. The molecule has 1 aliphatic rings. The lowest BCUT2D eigenvalue weighted by molar-refractivity contribution is -0.707. The van der Waals surface area contributed by atoms with E-state index < -0.39 is 6.29 Å². The second-order valence-corrected chi connectivity index (χ2v) is 5.61. The van der Waals surface area contributed by atoms with Gasteiger partial charge >= 0.3 is 0 Å². The predicted octanol–water partition coefficient (Wildman–Crippen LogP) is 1.56. The summed E-state index contributed by atoms with van der Waals surface area (Å²) in [4.78, 5) is 0. The van der Waals surface area contributed by atoms with E-state index in [0.717, 1.165) is 0 Å². The molecule has 0 bridgehead atoms. The Morgan fingerprint density at radius 2 is 1.42 bits per heavy atom. The molecule has 0 radical (unpaired) electrons. The summed E-state index contributed by atoms with van der Waals surface area (Å²) in [6.07, 6.45) is 2.60. The van der Waals surface area contributed by atoms with Crippen molar-refractivity contribution >= 4 is 0 Å². The fraction of sp³-hybridized carbons (Fsp3) is 0.722. The maximum Gasteiger partial charge on any atom is 0.186 e. The van der Waals surface area contributed by atoms with Crippen LogP contribution in [0.4, 0.5) is 0 Å². The second kappa shape index (κ2) is 10.1. The van der Waals surface area contributed by atoms with E-state index >= 15 is 0 Å². The average Bonchev–Trinajstić information content (AvgIpc) is 2.60. The highest BCUT2D eigenvalue weighted by atomic mass is 16.7. The monoisotopic (exact) mass is 340 g/mol. The molecular weight excluding hydrogens is 310 g/mol. The number of nitrogens with zero attached hydrogens (tertiary/aromatic N) is 1. The Labute approximate surface area is 144 Å². The number of methoxy groups -OCH3 is 1. The summed E-state index contributed by atoms with van der Waals surface area (Å²) in [5.41, 5.74) is 0. The lowest BCUT2D eigenvalue weighted by Gasteiger charge is -2.44. The van der Waals surface area contributed by atoms with Crippen molar-refractivity contribution in [3.63, 3.8) is 0 Å². The molecule has 0 spiro atoms. The third-order valence-corrected chi connectivity index (χ3v) is 4.07. The molecule has 6 heteroatoms. The summed E-state index contributed by atoms with van der Waals surface area (Å²) in [5, 5.41) is 0. The van der Waals surface area contributed by atoms with Crippen molar-refractivity contribution in [3.8, 4) is 0 Å². The van der Waals surface area contributed by atoms with E-state index in [4.69, 9.17) is 23.7 Å².